The van der Waals surface area contributed by atoms with Gasteiger partial charge in [0, 0.05) is 18.3 Å². The molecule has 0 spiro atoms. The fraction of sp³-hybridized carbons (Fsp3) is 0.357. The highest BCUT2D eigenvalue weighted by Gasteiger charge is 2.10. The van der Waals surface area contributed by atoms with Gasteiger partial charge < -0.3 is 5.32 Å². The summed E-state index contributed by atoms with van der Waals surface area (Å²) < 4.78 is 15.0. The van der Waals surface area contributed by atoms with Crippen molar-refractivity contribution in [3.05, 3.63) is 47.0 Å². The van der Waals surface area contributed by atoms with Gasteiger partial charge in [0.2, 0.25) is 0 Å². The smallest absolute Gasteiger partial charge is 0.141 e. The second kappa shape index (κ2) is 5.61. The second-order valence-electron chi connectivity index (χ2n) is 4.84. The largest absolute Gasteiger partial charge is 0.376 e. The zero-order chi connectivity index (χ0) is 14.0. The van der Waals surface area contributed by atoms with Crippen LogP contribution in [0.4, 0.5) is 10.1 Å². The molecule has 0 saturated heterocycles. The SMILES string of the molecule is CC(Nc1cnn(C(C)C)c1)c1ccc(F)c(Cl)c1. The van der Waals surface area contributed by atoms with Crippen LogP contribution in [0.5, 0.6) is 0 Å². The van der Waals surface area contributed by atoms with Crippen molar-refractivity contribution in [1.29, 1.82) is 0 Å². The molecule has 0 aliphatic heterocycles. The Kier molecular flexibility index (Phi) is 4.10. The van der Waals surface area contributed by atoms with Crippen molar-refractivity contribution in [3.63, 3.8) is 0 Å². The molecule has 0 aliphatic carbocycles. The van der Waals surface area contributed by atoms with Crippen molar-refractivity contribution in [2.24, 2.45) is 0 Å². The van der Waals surface area contributed by atoms with Crippen molar-refractivity contribution in [3.8, 4) is 0 Å². The Morgan fingerprint density at radius 3 is 2.63 bits per heavy atom. The van der Waals surface area contributed by atoms with E-state index in [9.17, 15) is 4.39 Å². The molecule has 0 amide bonds. The summed E-state index contributed by atoms with van der Waals surface area (Å²) in [6, 6.07) is 5.11. The van der Waals surface area contributed by atoms with Gasteiger partial charge in [0.05, 0.1) is 16.9 Å². The van der Waals surface area contributed by atoms with Crippen LogP contribution in [-0.2, 0) is 0 Å². The van der Waals surface area contributed by atoms with Crippen LogP contribution in [0.2, 0.25) is 5.02 Å². The average molecular weight is 282 g/mol. The lowest BCUT2D eigenvalue weighted by molar-refractivity contribution is 0.532. The Morgan fingerprint density at radius 1 is 1.32 bits per heavy atom. The third-order valence-electron chi connectivity index (χ3n) is 2.96. The molecule has 0 bridgehead atoms. The van der Waals surface area contributed by atoms with Crippen LogP contribution in [0, 0.1) is 5.82 Å². The molecule has 1 aromatic heterocycles. The van der Waals surface area contributed by atoms with E-state index in [1.807, 2.05) is 17.8 Å². The first-order valence-corrected chi connectivity index (χ1v) is 6.61. The van der Waals surface area contributed by atoms with Gasteiger partial charge in [0.1, 0.15) is 5.82 Å². The van der Waals surface area contributed by atoms with Crippen LogP contribution >= 0.6 is 11.6 Å². The van der Waals surface area contributed by atoms with Crippen LogP contribution in [0.3, 0.4) is 0 Å². The quantitative estimate of drug-likeness (QED) is 0.898. The molecule has 0 fully saturated rings. The molecule has 2 aromatic rings. The minimum atomic E-state index is -0.398. The highest BCUT2D eigenvalue weighted by Crippen LogP contribution is 2.23. The van der Waals surface area contributed by atoms with Crippen LogP contribution in [-0.4, -0.2) is 9.78 Å². The lowest BCUT2D eigenvalue weighted by atomic mass is 10.1. The van der Waals surface area contributed by atoms with Gasteiger partial charge in [-0.3, -0.25) is 4.68 Å². The maximum atomic E-state index is 13.1. The average Bonchev–Trinajstić information content (AvgIpc) is 2.81. The fourth-order valence-electron chi connectivity index (χ4n) is 1.81. The molecule has 2 rings (SSSR count). The maximum Gasteiger partial charge on any atom is 0.141 e. The molecule has 1 atom stereocenters. The number of anilines is 1. The van der Waals surface area contributed by atoms with Crippen molar-refractivity contribution in [2.45, 2.75) is 32.9 Å². The van der Waals surface area contributed by atoms with Gasteiger partial charge in [0.15, 0.2) is 0 Å². The van der Waals surface area contributed by atoms with Crippen LogP contribution in [0.1, 0.15) is 38.4 Å². The Hall–Kier alpha value is -1.55. The molecule has 3 nitrogen and oxygen atoms in total. The summed E-state index contributed by atoms with van der Waals surface area (Å²) in [6.45, 7) is 6.14. The normalized spacial score (nSPS) is 12.7. The first kappa shape index (κ1) is 13.9. The zero-order valence-corrected chi connectivity index (χ0v) is 11.9. The molecule has 0 aliphatic rings. The number of nitrogens with zero attached hydrogens (tertiary/aromatic N) is 2. The van der Waals surface area contributed by atoms with Gasteiger partial charge in [-0.2, -0.15) is 5.10 Å². The highest BCUT2D eigenvalue weighted by molar-refractivity contribution is 6.30. The number of benzene rings is 1. The summed E-state index contributed by atoms with van der Waals surface area (Å²) in [7, 11) is 0. The van der Waals surface area contributed by atoms with E-state index in [0.717, 1.165) is 11.3 Å². The van der Waals surface area contributed by atoms with Crippen LogP contribution in [0.15, 0.2) is 30.6 Å². The minimum absolute atomic E-state index is 0.0305. The van der Waals surface area contributed by atoms with E-state index in [1.54, 1.807) is 18.3 Å². The van der Waals surface area contributed by atoms with E-state index in [-0.39, 0.29) is 11.1 Å². The molecular weight excluding hydrogens is 265 g/mol. The summed E-state index contributed by atoms with van der Waals surface area (Å²) in [5.74, 6) is -0.398. The van der Waals surface area contributed by atoms with E-state index in [0.29, 0.717) is 6.04 Å². The molecule has 0 saturated carbocycles. The predicted molar refractivity (Wildman–Crippen MR) is 76.1 cm³/mol. The summed E-state index contributed by atoms with van der Waals surface area (Å²) in [6.07, 6.45) is 3.73. The zero-order valence-electron chi connectivity index (χ0n) is 11.2. The van der Waals surface area contributed by atoms with Crippen molar-refractivity contribution in [2.75, 3.05) is 5.32 Å². The lowest BCUT2D eigenvalue weighted by Crippen LogP contribution is -2.06. The molecule has 1 N–H and O–H groups in total. The van der Waals surface area contributed by atoms with E-state index >= 15 is 0 Å². The Balaban J connectivity index is 2.11. The van der Waals surface area contributed by atoms with Crippen molar-refractivity contribution < 1.29 is 4.39 Å². The summed E-state index contributed by atoms with van der Waals surface area (Å²) >= 11 is 5.79. The molecule has 5 heteroatoms. The Bertz CT molecular complexity index is 566. The first-order valence-electron chi connectivity index (χ1n) is 6.23. The molecule has 1 heterocycles. The molecule has 1 aromatic carbocycles. The minimum Gasteiger partial charge on any atom is -0.376 e. The molecule has 102 valence electrons. The molecule has 19 heavy (non-hydrogen) atoms. The summed E-state index contributed by atoms with van der Waals surface area (Å²) in [5.41, 5.74) is 1.87. The van der Waals surface area contributed by atoms with E-state index in [2.05, 4.69) is 24.3 Å². The number of rotatable bonds is 4. The fourth-order valence-corrected chi connectivity index (χ4v) is 2.00. The number of halogens is 2. The highest BCUT2D eigenvalue weighted by atomic mass is 35.5. The number of hydrogen-bond donors (Lipinski definition) is 1. The Morgan fingerprint density at radius 2 is 2.05 bits per heavy atom. The van der Waals surface area contributed by atoms with Gasteiger partial charge in [-0.25, -0.2) is 4.39 Å². The third kappa shape index (κ3) is 3.26. The van der Waals surface area contributed by atoms with E-state index in [4.69, 9.17) is 11.6 Å². The molecule has 0 radical (unpaired) electrons. The summed E-state index contributed by atoms with van der Waals surface area (Å²) in [4.78, 5) is 0. The summed E-state index contributed by atoms with van der Waals surface area (Å²) in [5, 5.41) is 7.72. The maximum absolute atomic E-state index is 13.1. The van der Waals surface area contributed by atoms with Crippen molar-refractivity contribution in [1.82, 2.24) is 9.78 Å². The lowest BCUT2D eigenvalue weighted by Gasteiger charge is -2.14. The molecule has 1 unspecified atom stereocenters. The topological polar surface area (TPSA) is 29.9 Å². The first-order chi connectivity index (χ1) is 8.97. The molecular formula is C14H17ClFN3. The van der Waals surface area contributed by atoms with Crippen molar-refractivity contribution >= 4 is 17.3 Å². The monoisotopic (exact) mass is 281 g/mol. The standard InChI is InChI=1S/C14H17ClFN3/c1-9(2)19-8-12(7-17-19)18-10(3)11-4-5-14(16)13(15)6-11/h4-10,18H,1-3H3. The van der Waals surface area contributed by atoms with Gasteiger partial charge in [-0.1, -0.05) is 17.7 Å². The third-order valence-corrected chi connectivity index (χ3v) is 3.25. The van der Waals surface area contributed by atoms with Gasteiger partial charge in [-0.05, 0) is 38.5 Å². The van der Waals surface area contributed by atoms with Gasteiger partial charge in [-0.15, -0.1) is 0 Å². The number of nitrogens with one attached hydrogen (secondary N) is 1. The second-order valence-corrected chi connectivity index (χ2v) is 5.25. The number of aromatic nitrogens is 2. The van der Waals surface area contributed by atoms with Gasteiger partial charge in [0.25, 0.3) is 0 Å². The predicted octanol–water partition coefficient (Wildman–Crippen LogP) is 4.43. The van der Waals surface area contributed by atoms with E-state index < -0.39 is 5.82 Å². The van der Waals surface area contributed by atoms with Gasteiger partial charge >= 0.3 is 0 Å². The van der Waals surface area contributed by atoms with E-state index in [1.165, 1.54) is 6.07 Å². The van der Waals surface area contributed by atoms with Crippen LogP contribution < -0.4 is 5.32 Å². The Labute approximate surface area is 117 Å². The van der Waals surface area contributed by atoms with Crippen LogP contribution in [0.25, 0.3) is 0 Å². The number of hydrogen-bond acceptors (Lipinski definition) is 2.